The van der Waals surface area contributed by atoms with Gasteiger partial charge in [0.25, 0.3) is 0 Å². The van der Waals surface area contributed by atoms with E-state index in [2.05, 4.69) is 10.3 Å². The zero-order valence-corrected chi connectivity index (χ0v) is 14.0. The second-order valence-corrected chi connectivity index (χ2v) is 6.37. The lowest BCUT2D eigenvalue weighted by molar-refractivity contribution is -0.120. The first-order valence-electron chi connectivity index (χ1n) is 7.61. The lowest BCUT2D eigenvalue weighted by atomic mass is 10.0. The fourth-order valence-corrected chi connectivity index (χ4v) is 3.22. The Labute approximate surface area is 144 Å². The Morgan fingerprint density at radius 2 is 2.21 bits per heavy atom. The summed E-state index contributed by atoms with van der Waals surface area (Å²) in [5.74, 6) is -0.160. The molecule has 0 saturated carbocycles. The minimum absolute atomic E-state index is 0.160. The molecule has 0 aliphatic rings. The number of benzene rings is 1. The monoisotopic (exact) mass is 342 g/mol. The van der Waals surface area contributed by atoms with Crippen molar-refractivity contribution >= 4 is 17.2 Å². The third-order valence-electron chi connectivity index (χ3n) is 3.70. The fraction of sp³-hybridized carbons (Fsp3) is 0.222. The van der Waals surface area contributed by atoms with Gasteiger partial charge >= 0.3 is 0 Å². The van der Waals surface area contributed by atoms with Crippen molar-refractivity contribution in [1.29, 1.82) is 0 Å². The molecular formula is C18H18N2O3S. The summed E-state index contributed by atoms with van der Waals surface area (Å²) in [6.07, 6.45) is 2.69. The highest BCUT2D eigenvalue weighted by Gasteiger charge is 2.13. The number of thiazole rings is 1. The lowest BCUT2D eigenvalue weighted by Gasteiger charge is -2.14. The highest BCUT2D eigenvalue weighted by Crippen LogP contribution is 2.24. The van der Waals surface area contributed by atoms with Crippen LogP contribution in [0.4, 0.5) is 0 Å². The first-order valence-corrected chi connectivity index (χ1v) is 8.48. The highest BCUT2D eigenvalue weighted by atomic mass is 32.1. The van der Waals surface area contributed by atoms with Crippen molar-refractivity contribution in [3.05, 3.63) is 65.1 Å². The first-order chi connectivity index (χ1) is 11.6. The van der Waals surface area contributed by atoms with Crippen molar-refractivity contribution in [1.82, 2.24) is 10.3 Å². The van der Waals surface area contributed by atoms with Gasteiger partial charge in [-0.15, -0.1) is 11.3 Å². The van der Waals surface area contributed by atoms with Crippen molar-refractivity contribution in [2.75, 3.05) is 6.54 Å². The van der Waals surface area contributed by atoms with Crippen LogP contribution in [0.15, 0.2) is 52.7 Å². The first kappa shape index (κ1) is 16.4. The highest BCUT2D eigenvalue weighted by molar-refractivity contribution is 7.13. The summed E-state index contributed by atoms with van der Waals surface area (Å²) in [4.78, 5) is 16.5. The third-order valence-corrected chi connectivity index (χ3v) is 4.64. The summed E-state index contributed by atoms with van der Waals surface area (Å²) in [6.45, 7) is 2.12. The Morgan fingerprint density at radius 1 is 1.38 bits per heavy atom. The van der Waals surface area contributed by atoms with Gasteiger partial charge in [-0.25, -0.2) is 4.98 Å². The zero-order chi connectivity index (χ0) is 16.9. The molecule has 2 aromatic heterocycles. The van der Waals surface area contributed by atoms with E-state index in [4.69, 9.17) is 4.42 Å². The van der Waals surface area contributed by atoms with Crippen molar-refractivity contribution in [2.45, 2.75) is 19.4 Å². The van der Waals surface area contributed by atoms with Gasteiger partial charge in [-0.2, -0.15) is 0 Å². The molecule has 0 spiro atoms. The van der Waals surface area contributed by atoms with E-state index in [0.717, 1.165) is 21.7 Å². The minimum atomic E-state index is -0.716. The Bertz CT molecular complexity index is 811. The Balaban J connectivity index is 1.54. The molecular weight excluding hydrogens is 324 g/mol. The number of amides is 1. The number of aromatic nitrogens is 1. The van der Waals surface area contributed by atoms with Gasteiger partial charge < -0.3 is 14.8 Å². The molecule has 0 fully saturated rings. The standard InChI is InChI=1S/C18H18N2O3S/c1-12-4-2-3-5-15(12)16(21)9-19-17(22)8-14-11-24-18(20-14)13-6-7-23-10-13/h2-7,10-11,16,21H,8-9H2,1H3,(H,19,22). The number of hydrogen-bond donors (Lipinski definition) is 2. The van der Waals surface area contributed by atoms with Crippen LogP contribution in [-0.4, -0.2) is 22.5 Å². The van der Waals surface area contributed by atoms with Crippen LogP contribution >= 0.6 is 11.3 Å². The third kappa shape index (κ3) is 3.90. The van der Waals surface area contributed by atoms with Crippen LogP contribution < -0.4 is 5.32 Å². The van der Waals surface area contributed by atoms with Crippen LogP contribution in [0.3, 0.4) is 0 Å². The van der Waals surface area contributed by atoms with Crippen molar-refractivity contribution in [3.63, 3.8) is 0 Å². The van der Waals surface area contributed by atoms with Crippen LogP contribution in [0, 0.1) is 6.92 Å². The van der Waals surface area contributed by atoms with Gasteiger partial charge in [0.15, 0.2) is 0 Å². The maximum atomic E-state index is 12.1. The molecule has 1 aromatic carbocycles. The van der Waals surface area contributed by atoms with Crippen LogP contribution in [0.5, 0.6) is 0 Å². The number of rotatable bonds is 6. The summed E-state index contributed by atoms with van der Waals surface area (Å²) < 4.78 is 5.04. The number of nitrogens with one attached hydrogen (secondary N) is 1. The molecule has 0 aliphatic carbocycles. The van der Waals surface area contributed by atoms with Gasteiger partial charge in [-0.05, 0) is 24.1 Å². The predicted molar refractivity (Wildman–Crippen MR) is 92.7 cm³/mol. The molecule has 0 radical (unpaired) electrons. The fourth-order valence-electron chi connectivity index (χ4n) is 2.42. The zero-order valence-electron chi connectivity index (χ0n) is 13.2. The summed E-state index contributed by atoms with van der Waals surface area (Å²) in [6, 6.07) is 9.43. The topological polar surface area (TPSA) is 75.4 Å². The number of aryl methyl sites for hydroxylation is 1. The molecule has 0 aliphatic heterocycles. The van der Waals surface area contributed by atoms with Gasteiger partial charge in [0.1, 0.15) is 11.3 Å². The van der Waals surface area contributed by atoms with E-state index in [1.807, 2.05) is 42.6 Å². The lowest BCUT2D eigenvalue weighted by Crippen LogP contribution is -2.30. The molecule has 24 heavy (non-hydrogen) atoms. The van der Waals surface area contributed by atoms with E-state index in [9.17, 15) is 9.90 Å². The van der Waals surface area contributed by atoms with Crippen LogP contribution in [0.1, 0.15) is 22.9 Å². The summed E-state index contributed by atoms with van der Waals surface area (Å²) in [7, 11) is 0. The Hall–Kier alpha value is -2.44. The van der Waals surface area contributed by atoms with E-state index in [1.54, 1.807) is 12.5 Å². The number of carbonyl (C=O) groups is 1. The molecule has 3 rings (SSSR count). The quantitative estimate of drug-likeness (QED) is 0.722. The molecule has 1 unspecified atom stereocenters. The smallest absolute Gasteiger partial charge is 0.226 e. The van der Waals surface area contributed by atoms with E-state index < -0.39 is 6.10 Å². The van der Waals surface area contributed by atoms with E-state index >= 15 is 0 Å². The van der Waals surface area contributed by atoms with Crippen molar-refractivity contribution in [2.24, 2.45) is 0 Å². The number of carbonyl (C=O) groups excluding carboxylic acids is 1. The van der Waals surface area contributed by atoms with Crippen molar-refractivity contribution < 1.29 is 14.3 Å². The van der Waals surface area contributed by atoms with E-state index in [0.29, 0.717) is 5.69 Å². The van der Waals surface area contributed by atoms with Crippen LogP contribution in [0.25, 0.3) is 10.6 Å². The summed E-state index contributed by atoms with van der Waals surface area (Å²) in [5.41, 5.74) is 3.44. The van der Waals surface area contributed by atoms with Crippen molar-refractivity contribution in [3.8, 4) is 10.6 Å². The maximum absolute atomic E-state index is 12.1. The second-order valence-electron chi connectivity index (χ2n) is 5.51. The predicted octanol–water partition coefficient (Wildman–Crippen LogP) is 3.10. The van der Waals surface area contributed by atoms with E-state index in [-0.39, 0.29) is 18.9 Å². The molecule has 124 valence electrons. The SMILES string of the molecule is Cc1ccccc1C(O)CNC(=O)Cc1csc(-c2ccoc2)n1. The minimum Gasteiger partial charge on any atom is -0.472 e. The second kappa shape index (κ2) is 7.42. The molecule has 0 bridgehead atoms. The summed E-state index contributed by atoms with van der Waals surface area (Å²) >= 11 is 1.47. The number of aliphatic hydroxyl groups excluding tert-OH is 1. The number of aliphatic hydroxyl groups is 1. The molecule has 5 nitrogen and oxygen atoms in total. The van der Waals surface area contributed by atoms with Crippen LogP contribution in [-0.2, 0) is 11.2 Å². The normalized spacial score (nSPS) is 12.1. The number of nitrogens with zero attached hydrogens (tertiary/aromatic N) is 1. The number of furan rings is 1. The number of hydrogen-bond acceptors (Lipinski definition) is 5. The maximum Gasteiger partial charge on any atom is 0.226 e. The Kier molecular flexibility index (Phi) is 5.08. The molecule has 6 heteroatoms. The molecule has 2 N–H and O–H groups in total. The van der Waals surface area contributed by atoms with E-state index in [1.165, 1.54) is 11.3 Å². The van der Waals surface area contributed by atoms with Gasteiger partial charge in [0.05, 0.1) is 24.5 Å². The largest absolute Gasteiger partial charge is 0.472 e. The average molecular weight is 342 g/mol. The average Bonchev–Trinajstić information content (AvgIpc) is 3.24. The molecule has 1 atom stereocenters. The van der Waals surface area contributed by atoms with Gasteiger partial charge in [0, 0.05) is 17.5 Å². The van der Waals surface area contributed by atoms with Gasteiger partial charge in [-0.1, -0.05) is 24.3 Å². The molecule has 3 aromatic rings. The Morgan fingerprint density at radius 3 is 2.96 bits per heavy atom. The molecule has 2 heterocycles. The van der Waals surface area contributed by atoms with Gasteiger partial charge in [0.2, 0.25) is 5.91 Å². The van der Waals surface area contributed by atoms with Crippen LogP contribution in [0.2, 0.25) is 0 Å². The van der Waals surface area contributed by atoms with Gasteiger partial charge in [-0.3, -0.25) is 4.79 Å². The summed E-state index contributed by atoms with van der Waals surface area (Å²) in [5, 5.41) is 15.7. The molecule has 0 saturated heterocycles. The molecule has 1 amide bonds.